The van der Waals surface area contributed by atoms with Gasteiger partial charge in [-0.15, -0.1) is 0 Å². The van der Waals surface area contributed by atoms with E-state index in [4.69, 9.17) is 5.73 Å². The van der Waals surface area contributed by atoms with E-state index >= 15 is 0 Å². The van der Waals surface area contributed by atoms with Crippen molar-refractivity contribution in [3.05, 3.63) is 42.1 Å². The van der Waals surface area contributed by atoms with Crippen molar-refractivity contribution in [1.82, 2.24) is 4.98 Å². The number of hydrogen-bond acceptors (Lipinski definition) is 3. The molecule has 0 radical (unpaired) electrons. The number of phenolic OH excluding ortho intramolecular Hbond substituents is 1. The predicted octanol–water partition coefficient (Wildman–Crippen LogP) is 3.06. The van der Waals surface area contributed by atoms with Gasteiger partial charge in [0.1, 0.15) is 11.4 Å². The summed E-state index contributed by atoms with van der Waals surface area (Å²) >= 11 is 0. The number of aromatic nitrogens is 1. The molecule has 18 heavy (non-hydrogen) atoms. The second kappa shape index (κ2) is 4.21. The molecule has 2 rings (SSSR count). The van der Waals surface area contributed by atoms with Crippen molar-refractivity contribution < 1.29 is 18.3 Å². The standard InChI is InChI=1S/C12H9F3N2O/c13-12(14,15)10-6-2-5-9(17-10)7-3-1-4-8(16)11(7)18/h1-6,18H,16H2. The Morgan fingerprint density at radius 1 is 1.06 bits per heavy atom. The van der Waals surface area contributed by atoms with Crippen LogP contribution in [0.25, 0.3) is 11.3 Å². The topological polar surface area (TPSA) is 59.1 Å². The minimum Gasteiger partial charge on any atom is -0.505 e. The van der Waals surface area contributed by atoms with Crippen LogP contribution < -0.4 is 5.73 Å². The van der Waals surface area contributed by atoms with E-state index in [9.17, 15) is 18.3 Å². The monoisotopic (exact) mass is 254 g/mol. The van der Waals surface area contributed by atoms with Crippen LogP contribution in [-0.2, 0) is 6.18 Å². The predicted molar refractivity (Wildman–Crippen MR) is 60.8 cm³/mol. The quantitative estimate of drug-likeness (QED) is 0.607. The number of nitrogens with zero attached hydrogens (tertiary/aromatic N) is 1. The lowest BCUT2D eigenvalue weighted by Gasteiger charge is -2.09. The number of halogens is 3. The number of anilines is 1. The molecular formula is C12H9F3N2O. The van der Waals surface area contributed by atoms with Gasteiger partial charge in [0.15, 0.2) is 0 Å². The number of phenols is 1. The Balaban J connectivity index is 2.55. The van der Waals surface area contributed by atoms with E-state index < -0.39 is 11.9 Å². The molecule has 2 aromatic rings. The molecule has 1 aromatic heterocycles. The van der Waals surface area contributed by atoms with Crippen molar-refractivity contribution >= 4 is 5.69 Å². The zero-order chi connectivity index (χ0) is 13.3. The number of nitrogens with two attached hydrogens (primary N) is 1. The van der Waals surface area contributed by atoms with Crippen LogP contribution in [0.3, 0.4) is 0 Å². The highest BCUT2D eigenvalue weighted by molar-refractivity contribution is 5.74. The van der Waals surface area contributed by atoms with Crippen molar-refractivity contribution in [2.75, 3.05) is 5.73 Å². The zero-order valence-electron chi connectivity index (χ0n) is 9.07. The van der Waals surface area contributed by atoms with Gasteiger partial charge in [-0.3, -0.25) is 0 Å². The Labute approximate surface area is 101 Å². The van der Waals surface area contributed by atoms with Crippen LogP contribution in [0, 0.1) is 0 Å². The molecule has 0 amide bonds. The molecule has 1 heterocycles. The molecule has 3 nitrogen and oxygen atoms in total. The molecule has 1 aromatic carbocycles. The number of aromatic hydroxyl groups is 1. The number of para-hydroxylation sites is 1. The van der Waals surface area contributed by atoms with Crippen molar-refractivity contribution in [3.8, 4) is 17.0 Å². The minimum absolute atomic E-state index is 0.0228. The van der Waals surface area contributed by atoms with E-state index in [0.29, 0.717) is 0 Å². The smallest absolute Gasteiger partial charge is 0.433 e. The van der Waals surface area contributed by atoms with Gasteiger partial charge < -0.3 is 10.8 Å². The Morgan fingerprint density at radius 2 is 1.72 bits per heavy atom. The van der Waals surface area contributed by atoms with Crippen molar-refractivity contribution in [3.63, 3.8) is 0 Å². The summed E-state index contributed by atoms with van der Waals surface area (Å²) in [5.41, 5.74) is 4.75. The van der Waals surface area contributed by atoms with Crippen LogP contribution in [0.15, 0.2) is 36.4 Å². The summed E-state index contributed by atoms with van der Waals surface area (Å²) < 4.78 is 37.5. The van der Waals surface area contributed by atoms with Crippen LogP contribution >= 0.6 is 0 Å². The fraction of sp³-hybridized carbons (Fsp3) is 0.0833. The van der Waals surface area contributed by atoms with Crippen LogP contribution in [-0.4, -0.2) is 10.1 Å². The third-order valence-corrected chi connectivity index (χ3v) is 2.38. The molecule has 0 aliphatic heterocycles. The molecule has 0 saturated heterocycles. The molecule has 0 fully saturated rings. The summed E-state index contributed by atoms with van der Waals surface area (Å²) in [6, 6.07) is 7.91. The third-order valence-electron chi connectivity index (χ3n) is 2.38. The zero-order valence-corrected chi connectivity index (χ0v) is 9.07. The Morgan fingerprint density at radius 3 is 2.39 bits per heavy atom. The maximum Gasteiger partial charge on any atom is 0.433 e. The average Bonchev–Trinajstić information content (AvgIpc) is 2.32. The highest BCUT2D eigenvalue weighted by Crippen LogP contribution is 2.34. The minimum atomic E-state index is -4.52. The van der Waals surface area contributed by atoms with Gasteiger partial charge in [-0.1, -0.05) is 12.1 Å². The lowest BCUT2D eigenvalue weighted by atomic mass is 10.1. The van der Waals surface area contributed by atoms with Gasteiger partial charge >= 0.3 is 6.18 Å². The number of nitrogen functional groups attached to an aromatic ring is 1. The Hall–Kier alpha value is -2.24. The molecule has 0 bridgehead atoms. The first kappa shape index (κ1) is 12.2. The first-order valence-corrected chi connectivity index (χ1v) is 5.01. The maximum atomic E-state index is 12.5. The molecular weight excluding hydrogens is 245 g/mol. The van der Waals surface area contributed by atoms with Crippen LogP contribution in [0.4, 0.5) is 18.9 Å². The number of rotatable bonds is 1. The SMILES string of the molecule is Nc1cccc(-c2cccc(C(F)(F)F)n2)c1O. The van der Waals surface area contributed by atoms with Crippen LogP contribution in [0.5, 0.6) is 5.75 Å². The number of benzene rings is 1. The van der Waals surface area contributed by atoms with Gasteiger partial charge in [0.25, 0.3) is 0 Å². The molecule has 0 spiro atoms. The van der Waals surface area contributed by atoms with Gasteiger partial charge in [-0.25, -0.2) is 4.98 Å². The van der Waals surface area contributed by atoms with Crippen molar-refractivity contribution in [1.29, 1.82) is 0 Å². The lowest BCUT2D eigenvalue weighted by molar-refractivity contribution is -0.141. The van der Waals surface area contributed by atoms with Crippen LogP contribution in [0.1, 0.15) is 5.69 Å². The molecule has 0 saturated carbocycles. The normalized spacial score (nSPS) is 11.5. The van der Waals surface area contributed by atoms with E-state index in [0.717, 1.165) is 6.07 Å². The van der Waals surface area contributed by atoms with E-state index in [1.54, 1.807) is 0 Å². The van der Waals surface area contributed by atoms with Gasteiger partial charge in [-0.05, 0) is 24.3 Å². The molecule has 6 heteroatoms. The summed E-state index contributed by atoms with van der Waals surface area (Å²) in [6.45, 7) is 0. The average molecular weight is 254 g/mol. The summed E-state index contributed by atoms with van der Waals surface area (Å²) in [6.07, 6.45) is -4.52. The highest BCUT2D eigenvalue weighted by atomic mass is 19.4. The lowest BCUT2D eigenvalue weighted by Crippen LogP contribution is -2.08. The number of pyridine rings is 1. The van der Waals surface area contributed by atoms with E-state index in [1.807, 2.05) is 0 Å². The molecule has 0 unspecified atom stereocenters. The summed E-state index contributed by atoms with van der Waals surface area (Å²) in [7, 11) is 0. The van der Waals surface area contributed by atoms with Crippen molar-refractivity contribution in [2.24, 2.45) is 0 Å². The third kappa shape index (κ3) is 2.22. The summed E-state index contributed by atoms with van der Waals surface area (Å²) in [5.74, 6) is -0.274. The second-order valence-corrected chi connectivity index (χ2v) is 3.65. The fourth-order valence-corrected chi connectivity index (χ4v) is 1.51. The number of hydrogen-bond donors (Lipinski definition) is 2. The summed E-state index contributed by atoms with van der Waals surface area (Å²) in [5, 5.41) is 9.70. The molecule has 94 valence electrons. The molecule has 0 aliphatic carbocycles. The van der Waals surface area contributed by atoms with Gasteiger partial charge in [0.2, 0.25) is 0 Å². The van der Waals surface area contributed by atoms with E-state index in [-0.39, 0.29) is 22.7 Å². The van der Waals surface area contributed by atoms with Gasteiger partial charge in [0.05, 0.1) is 11.4 Å². The fourth-order valence-electron chi connectivity index (χ4n) is 1.51. The molecule has 3 N–H and O–H groups in total. The van der Waals surface area contributed by atoms with E-state index in [2.05, 4.69) is 4.98 Å². The Kier molecular flexibility index (Phi) is 2.86. The second-order valence-electron chi connectivity index (χ2n) is 3.65. The van der Waals surface area contributed by atoms with Crippen molar-refractivity contribution in [2.45, 2.75) is 6.18 Å². The first-order chi connectivity index (χ1) is 8.39. The largest absolute Gasteiger partial charge is 0.505 e. The first-order valence-electron chi connectivity index (χ1n) is 5.01. The molecule has 0 aliphatic rings. The maximum absolute atomic E-state index is 12.5. The number of alkyl halides is 3. The van der Waals surface area contributed by atoms with Gasteiger partial charge in [-0.2, -0.15) is 13.2 Å². The Bertz CT molecular complexity index is 582. The van der Waals surface area contributed by atoms with Gasteiger partial charge in [0, 0.05) is 5.56 Å². The van der Waals surface area contributed by atoms with E-state index in [1.165, 1.54) is 30.3 Å². The summed E-state index contributed by atoms with van der Waals surface area (Å²) in [4.78, 5) is 3.48. The highest BCUT2D eigenvalue weighted by Gasteiger charge is 2.32. The van der Waals surface area contributed by atoms with Crippen LogP contribution in [0.2, 0.25) is 0 Å². The molecule has 0 atom stereocenters.